The monoisotopic (exact) mass is 394 g/mol. The highest BCUT2D eigenvalue weighted by molar-refractivity contribution is 5.33. The molecule has 154 valence electrons. The molecule has 0 atom stereocenters. The summed E-state index contributed by atoms with van der Waals surface area (Å²) in [6.45, 7) is 11.2. The molecule has 2 nitrogen and oxygen atoms in total. The van der Waals surface area contributed by atoms with Gasteiger partial charge in [-0.15, -0.1) is 13.2 Å². The Morgan fingerprint density at radius 2 is 1.43 bits per heavy atom. The molecule has 0 fully saturated rings. The summed E-state index contributed by atoms with van der Waals surface area (Å²) in [6, 6.07) is 14.2. The summed E-state index contributed by atoms with van der Waals surface area (Å²) < 4.78 is 46.7. The maximum Gasteiger partial charge on any atom is 0.573 e. The lowest BCUT2D eigenvalue weighted by Gasteiger charge is -2.26. The largest absolute Gasteiger partial charge is 0.573 e. The fourth-order valence-corrected chi connectivity index (χ4v) is 3.01. The van der Waals surface area contributed by atoms with E-state index in [-0.39, 0.29) is 16.6 Å². The third-order valence-electron chi connectivity index (χ3n) is 4.78. The van der Waals surface area contributed by atoms with Crippen molar-refractivity contribution in [3.63, 3.8) is 0 Å². The lowest BCUT2D eigenvalue weighted by atomic mass is 9.80. The first-order valence-electron chi connectivity index (χ1n) is 9.46. The first-order valence-corrected chi connectivity index (χ1v) is 9.46. The molecule has 0 heterocycles. The van der Waals surface area contributed by atoms with Gasteiger partial charge in [0.25, 0.3) is 0 Å². The van der Waals surface area contributed by atoms with E-state index in [1.54, 1.807) is 12.1 Å². The van der Waals surface area contributed by atoms with Gasteiger partial charge in [-0.1, -0.05) is 58.9 Å². The van der Waals surface area contributed by atoms with E-state index in [2.05, 4.69) is 51.5 Å². The molecule has 0 saturated carbocycles. The smallest absolute Gasteiger partial charge is 0.494 e. The lowest BCUT2D eigenvalue weighted by Crippen LogP contribution is -2.19. The first kappa shape index (κ1) is 22.1. The molecule has 0 aliphatic heterocycles. The van der Waals surface area contributed by atoms with Crippen molar-refractivity contribution in [1.29, 1.82) is 0 Å². The van der Waals surface area contributed by atoms with Gasteiger partial charge >= 0.3 is 6.36 Å². The summed E-state index contributed by atoms with van der Waals surface area (Å²) in [4.78, 5) is 0. The molecule has 5 heteroatoms. The van der Waals surface area contributed by atoms with Crippen LogP contribution in [-0.2, 0) is 10.8 Å². The minimum absolute atomic E-state index is 0.0728. The van der Waals surface area contributed by atoms with E-state index in [4.69, 9.17) is 4.74 Å². The highest BCUT2D eigenvalue weighted by Gasteiger charge is 2.31. The summed E-state index contributed by atoms with van der Waals surface area (Å²) in [5.41, 5.74) is 2.10. The molecule has 0 amide bonds. The molecular weight excluding hydrogens is 365 g/mol. The normalized spacial score (nSPS) is 12.7. The van der Waals surface area contributed by atoms with Crippen molar-refractivity contribution >= 4 is 0 Å². The Morgan fingerprint density at radius 3 is 2.00 bits per heavy atom. The Hall–Kier alpha value is -2.17. The summed E-state index contributed by atoms with van der Waals surface area (Å²) >= 11 is 0. The van der Waals surface area contributed by atoms with E-state index in [1.807, 2.05) is 12.1 Å². The molecule has 28 heavy (non-hydrogen) atoms. The minimum Gasteiger partial charge on any atom is -0.494 e. The molecule has 0 radical (unpaired) electrons. The Kier molecular flexibility index (Phi) is 6.68. The van der Waals surface area contributed by atoms with Crippen LogP contribution in [0.4, 0.5) is 13.2 Å². The van der Waals surface area contributed by atoms with Crippen molar-refractivity contribution < 1.29 is 22.6 Å². The van der Waals surface area contributed by atoms with Crippen LogP contribution in [-0.4, -0.2) is 13.0 Å². The summed E-state index contributed by atoms with van der Waals surface area (Å²) in [5.74, 6) is 0.660. The summed E-state index contributed by atoms with van der Waals surface area (Å²) in [5, 5.41) is 0. The number of hydrogen-bond acceptors (Lipinski definition) is 2. The molecule has 2 aromatic rings. The van der Waals surface area contributed by atoms with Crippen molar-refractivity contribution in [3.8, 4) is 11.5 Å². The van der Waals surface area contributed by atoms with Gasteiger partial charge in [-0.2, -0.15) is 0 Å². The zero-order chi connectivity index (χ0) is 21.0. The fraction of sp³-hybridized carbons (Fsp3) is 0.478. The van der Waals surface area contributed by atoms with Crippen molar-refractivity contribution in [1.82, 2.24) is 0 Å². The van der Waals surface area contributed by atoms with Crippen LogP contribution in [0.25, 0.3) is 0 Å². The van der Waals surface area contributed by atoms with Gasteiger partial charge in [-0.25, -0.2) is 0 Å². The average Bonchev–Trinajstić information content (AvgIpc) is 2.57. The van der Waals surface area contributed by atoms with Gasteiger partial charge in [0, 0.05) is 0 Å². The van der Waals surface area contributed by atoms with Crippen molar-refractivity contribution in [2.75, 3.05) is 6.61 Å². The Balaban J connectivity index is 1.88. The maximum atomic E-state index is 12.3. The Morgan fingerprint density at radius 1 is 0.786 bits per heavy atom. The molecule has 0 saturated heterocycles. The fourth-order valence-electron chi connectivity index (χ4n) is 3.01. The van der Waals surface area contributed by atoms with Gasteiger partial charge < -0.3 is 9.47 Å². The number of benzene rings is 2. The number of rotatable bonds is 7. The third kappa shape index (κ3) is 6.77. The second kappa shape index (κ2) is 8.46. The van der Waals surface area contributed by atoms with E-state index in [1.165, 1.54) is 17.7 Å². The summed E-state index contributed by atoms with van der Waals surface area (Å²) in [7, 11) is 0. The highest BCUT2D eigenvalue weighted by Crippen LogP contribution is 2.31. The van der Waals surface area contributed by atoms with E-state index in [9.17, 15) is 13.2 Å². The molecule has 2 rings (SSSR count). The van der Waals surface area contributed by atoms with Gasteiger partial charge in [0.1, 0.15) is 11.5 Å². The predicted octanol–water partition coefficient (Wildman–Crippen LogP) is 7.02. The van der Waals surface area contributed by atoms with Crippen LogP contribution < -0.4 is 9.47 Å². The molecule has 0 unspecified atom stereocenters. The predicted molar refractivity (Wildman–Crippen MR) is 106 cm³/mol. The number of alkyl halides is 3. The SMILES string of the molecule is CC(C)(C)c1cccc(OCCCC(C)(C)c2ccc(OC(F)(F)F)cc2)c1. The minimum atomic E-state index is -4.67. The molecule has 0 N–H and O–H groups in total. The van der Waals surface area contributed by atoms with Gasteiger partial charge in [0.15, 0.2) is 0 Å². The van der Waals surface area contributed by atoms with Gasteiger partial charge in [0.2, 0.25) is 0 Å². The van der Waals surface area contributed by atoms with Crippen LogP contribution in [0.15, 0.2) is 48.5 Å². The molecule has 0 aliphatic rings. The zero-order valence-corrected chi connectivity index (χ0v) is 17.2. The molecule has 0 spiro atoms. The van der Waals surface area contributed by atoms with Crippen molar-refractivity contribution in [3.05, 3.63) is 59.7 Å². The number of halogens is 3. The van der Waals surface area contributed by atoms with Crippen LogP contribution in [0.2, 0.25) is 0 Å². The topological polar surface area (TPSA) is 18.5 Å². The van der Waals surface area contributed by atoms with Gasteiger partial charge in [-0.05, 0) is 59.1 Å². The molecule has 0 aromatic heterocycles. The van der Waals surface area contributed by atoms with E-state index < -0.39 is 6.36 Å². The maximum absolute atomic E-state index is 12.3. The second-order valence-electron chi connectivity index (χ2n) is 8.69. The Labute approximate surface area is 165 Å². The van der Waals surface area contributed by atoms with Crippen molar-refractivity contribution in [2.24, 2.45) is 0 Å². The van der Waals surface area contributed by atoms with Crippen LogP contribution in [0, 0.1) is 0 Å². The molecule has 0 bridgehead atoms. The zero-order valence-electron chi connectivity index (χ0n) is 17.2. The van der Waals surface area contributed by atoms with Gasteiger partial charge in [-0.3, -0.25) is 0 Å². The number of ether oxygens (including phenoxy) is 2. The molecule has 2 aromatic carbocycles. The average molecular weight is 394 g/mol. The highest BCUT2D eigenvalue weighted by atomic mass is 19.4. The number of hydrogen-bond donors (Lipinski definition) is 0. The first-order chi connectivity index (χ1) is 12.9. The van der Waals surface area contributed by atoms with Crippen LogP contribution in [0.5, 0.6) is 11.5 Å². The van der Waals surface area contributed by atoms with E-state index in [0.29, 0.717) is 6.61 Å². The third-order valence-corrected chi connectivity index (χ3v) is 4.78. The summed E-state index contributed by atoms with van der Waals surface area (Å²) in [6.07, 6.45) is -2.97. The Bertz CT molecular complexity index is 757. The van der Waals surface area contributed by atoms with Crippen LogP contribution in [0.1, 0.15) is 58.6 Å². The van der Waals surface area contributed by atoms with E-state index in [0.717, 1.165) is 24.2 Å². The second-order valence-corrected chi connectivity index (χ2v) is 8.69. The van der Waals surface area contributed by atoms with Gasteiger partial charge in [0.05, 0.1) is 6.61 Å². The standard InChI is InChI=1S/C23H29F3O2/c1-21(2,3)18-8-6-9-20(16-18)27-15-7-14-22(4,5)17-10-12-19(13-11-17)28-23(24,25)26/h6,8-13,16H,7,14-15H2,1-5H3. The van der Waals surface area contributed by atoms with Crippen molar-refractivity contribution in [2.45, 2.75) is 64.7 Å². The molecular formula is C23H29F3O2. The van der Waals surface area contributed by atoms with E-state index >= 15 is 0 Å². The van der Waals surface area contributed by atoms with Crippen LogP contribution >= 0.6 is 0 Å². The lowest BCUT2D eigenvalue weighted by molar-refractivity contribution is -0.274. The van der Waals surface area contributed by atoms with Crippen LogP contribution in [0.3, 0.4) is 0 Å². The molecule has 0 aliphatic carbocycles. The quantitative estimate of drug-likeness (QED) is 0.470.